The number of halogens is 2. The maximum absolute atomic E-state index is 13.4. The summed E-state index contributed by atoms with van der Waals surface area (Å²) in [6.07, 6.45) is -0.223. The van der Waals surface area contributed by atoms with Crippen LogP contribution in [0.15, 0.2) is 18.2 Å². The zero-order valence-electron chi connectivity index (χ0n) is 10.5. The number of rotatable bonds is 5. The van der Waals surface area contributed by atoms with Crippen LogP contribution in [0.25, 0.3) is 0 Å². The van der Waals surface area contributed by atoms with Gasteiger partial charge in [0.1, 0.15) is 0 Å². The summed E-state index contributed by atoms with van der Waals surface area (Å²) < 4.78 is 26.3. The number of aliphatic hydroxyl groups excluding tert-OH is 1. The summed E-state index contributed by atoms with van der Waals surface area (Å²) in [5.41, 5.74) is 0.0453. The van der Waals surface area contributed by atoms with Crippen LogP contribution in [0.5, 0.6) is 0 Å². The van der Waals surface area contributed by atoms with E-state index in [0.717, 1.165) is 6.07 Å². The smallest absolute Gasteiger partial charge is 0.226 e. The number of hydrogen-bond acceptors (Lipinski definition) is 2. The summed E-state index contributed by atoms with van der Waals surface area (Å²) in [4.78, 5) is 13.1. The maximum Gasteiger partial charge on any atom is 0.226 e. The van der Waals surface area contributed by atoms with Crippen LogP contribution < -0.4 is 0 Å². The van der Waals surface area contributed by atoms with Crippen molar-refractivity contribution in [2.45, 2.75) is 25.9 Å². The molecule has 0 spiro atoms. The number of likely N-dealkylation sites (N-methyl/N-ethyl adjacent to an activating group) is 1. The molecular weight excluding hydrogens is 240 g/mol. The number of carbonyl (C=O) groups excluding carboxylic acids is 1. The Morgan fingerprint density at radius 1 is 1.44 bits per heavy atom. The van der Waals surface area contributed by atoms with Crippen molar-refractivity contribution < 1.29 is 18.7 Å². The van der Waals surface area contributed by atoms with Crippen molar-refractivity contribution in [2.75, 3.05) is 13.6 Å². The molecule has 0 fully saturated rings. The van der Waals surface area contributed by atoms with Gasteiger partial charge in [0, 0.05) is 19.2 Å². The van der Waals surface area contributed by atoms with Gasteiger partial charge in [0.15, 0.2) is 11.6 Å². The molecule has 1 aromatic rings. The lowest BCUT2D eigenvalue weighted by molar-refractivity contribution is -0.129. The third-order valence-corrected chi connectivity index (χ3v) is 2.68. The van der Waals surface area contributed by atoms with Gasteiger partial charge < -0.3 is 10.0 Å². The van der Waals surface area contributed by atoms with Crippen LogP contribution in [-0.4, -0.2) is 35.6 Å². The summed E-state index contributed by atoms with van der Waals surface area (Å²) in [6, 6.07) is 3.77. The summed E-state index contributed by atoms with van der Waals surface area (Å²) in [6.45, 7) is 2.01. The number of benzene rings is 1. The largest absolute Gasteiger partial charge is 0.393 e. The molecule has 0 aliphatic rings. The molecule has 1 atom stereocenters. The summed E-state index contributed by atoms with van der Waals surface area (Å²) in [7, 11) is 1.57. The van der Waals surface area contributed by atoms with Crippen molar-refractivity contribution in [3.63, 3.8) is 0 Å². The average molecular weight is 257 g/mol. The van der Waals surface area contributed by atoms with E-state index in [9.17, 15) is 13.6 Å². The van der Waals surface area contributed by atoms with Crippen LogP contribution in [0.3, 0.4) is 0 Å². The van der Waals surface area contributed by atoms with Crippen LogP contribution in [0.2, 0.25) is 0 Å². The minimum absolute atomic E-state index is 0.0453. The number of nitrogens with zero attached hydrogens (tertiary/aromatic N) is 1. The average Bonchev–Trinajstić information content (AvgIpc) is 2.31. The monoisotopic (exact) mass is 257 g/mol. The highest BCUT2D eigenvalue weighted by Gasteiger charge is 2.14. The van der Waals surface area contributed by atoms with Crippen LogP contribution in [0.1, 0.15) is 18.9 Å². The van der Waals surface area contributed by atoms with E-state index < -0.39 is 17.7 Å². The van der Waals surface area contributed by atoms with E-state index in [2.05, 4.69) is 0 Å². The Bertz CT molecular complexity index is 421. The fourth-order valence-corrected chi connectivity index (χ4v) is 1.49. The second-order valence-corrected chi connectivity index (χ2v) is 4.34. The number of carbonyl (C=O) groups is 1. The van der Waals surface area contributed by atoms with Crippen molar-refractivity contribution in [3.05, 3.63) is 35.4 Å². The standard InChI is InChI=1S/C13H17F2NO2/c1-9(17)6-7-16(2)12(18)8-10-4-3-5-11(14)13(10)15/h3-5,9,17H,6-8H2,1-2H3. The Hall–Kier alpha value is -1.49. The third kappa shape index (κ3) is 4.07. The first-order chi connectivity index (χ1) is 8.41. The fourth-order valence-electron chi connectivity index (χ4n) is 1.49. The summed E-state index contributed by atoms with van der Waals surface area (Å²) in [5.74, 6) is -2.23. The van der Waals surface area contributed by atoms with Gasteiger partial charge in [0.25, 0.3) is 0 Å². The first kappa shape index (κ1) is 14.6. The van der Waals surface area contributed by atoms with Crippen LogP contribution in [0.4, 0.5) is 8.78 Å². The van der Waals surface area contributed by atoms with E-state index in [-0.39, 0.29) is 17.9 Å². The first-order valence-electron chi connectivity index (χ1n) is 5.76. The van der Waals surface area contributed by atoms with Gasteiger partial charge in [-0.3, -0.25) is 4.79 Å². The molecule has 0 radical (unpaired) electrons. The molecule has 0 saturated carbocycles. The molecule has 18 heavy (non-hydrogen) atoms. The molecule has 0 aromatic heterocycles. The molecule has 0 saturated heterocycles. The SMILES string of the molecule is CC(O)CCN(C)C(=O)Cc1cccc(F)c1F. The van der Waals surface area contributed by atoms with Gasteiger partial charge in [-0.2, -0.15) is 0 Å². The van der Waals surface area contributed by atoms with Gasteiger partial charge in [0.2, 0.25) is 5.91 Å². The van der Waals surface area contributed by atoms with E-state index in [1.807, 2.05) is 0 Å². The molecule has 3 nitrogen and oxygen atoms in total. The molecule has 1 aromatic carbocycles. The predicted octanol–water partition coefficient (Wildman–Crippen LogP) is 1.74. The quantitative estimate of drug-likeness (QED) is 0.872. The Kier molecular flexibility index (Phi) is 5.22. The van der Waals surface area contributed by atoms with Crippen molar-refractivity contribution in [2.24, 2.45) is 0 Å². The lowest BCUT2D eigenvalue weighted by Crippen LogP contribution is -2.31. The topological polar surface area (TPSA) is 40.5 Å². The highest BCUT2D eigenvalue weighted by Crippen LogP contribution is 2.12. The van der Waals surface area contributed by atoms with E-state index in [0.29, 0.717) is 13.0 Å². The highest BCUT2D eigenvalue weighted by molar-refractivity contribution is 5.78. The Balaban J connectivity index is 2.61. The highest BCUT2D eigenvalue weighted by atomic mass is 19.2. The van der Waals surface area contributed by atoms with Crippen LogP contribution in [-0.2, 0) is 11.2 Å². The van der Waals surface area contributed by atoms with E-state index >= 15 is 0 Å². The zero-order chi connectivity index (χ0) is 13.7. The van der Waals surface area contributed by atoms with Gasteiger partial charge in [-0.05, 0) is 19.4 Å². The molecule has 1 unspecified atom stereocenters. The lowest BCUT2D eigenvalue weighted by Gasteiger charge is -2.18. The van der Waals surface area contributed by atoms with Gasteiger partial charge in [-0.15, -0.1) is 0 Å². The molecule has 0 aliphatic carbocycles. The molecule has 5 heteroatoms. The van der Waals surface area contributed by atoms with Gasteiger partial charge in [-0.1, -0.05) is 12.1 Å². The fraction of sp³-hybridized carbons (Fsp3) is 0.462. The molecule has 0 aliphatic heterocycles. The number of hydrogen-bond donors (Lipinski definition) is 1. The first-order valence-corrected chi connectivity index (χ1v) is 5.76. The van der Waals surface area contributed by atoms with E-state index in [4.69, 9.17) is 5.11 Å². The minimum Gasteiger partial charge on any atom is -0.393 e. The third-order valence-electron chi connectivity index (χ3n) is 2.68. The van der Waals surface area contributed by atoms with Crippen molar-refractivity contribution in [3.8, 4) is 0 Å². The van der Waals surface area contributed by atoms with Crippen molar-refractivity contribution in [1.82, 2.24) is 4.90 Å². The Morgan fingerprint density at radius 2 is 2.11 bits per heavy atom. The number of amides is 1. The molecule has 1 N–H and O–H groups in total. The molecule has 0 bridgehead atoms. The Labute approximate surface area is 105 Å². The maximum atomic E-state index is 13.4. The second-order valence-electron chi connectivity index (χ2n) is 4.34. The second kappa shape index (κ2) is 6.44. The number of aliphatic hydroxyl groups is 1. The van der Waals surface area contributed by atoms with Gasteiger partial charge >= 0.3 is 0 Å². The van der Waals surface area contributed by atoms with Crippen molar-refractivity contribution >= 4 is 5.91 Å². The van der Waals surface area contributed by atoms with E-state index in [1.54, 1.807) is 14.0 Å². The summed E-state index contributed by atoms with van der Waals surface area (Å²) >= 11 is 0. The van der Waals surface area contributed by atoms with Crippen molar-refractivity contribution in [1.29, 1.82) is 0 Å². The molecule has 1 amide bonds. The molecule has 0 heterocycles. The van der Waals surface area contributed by atoms with E-state index in [1.165, 1.54) is 17.0 Å². The van der Waals surface area contributed by atoms with Gasteiger partial charge in [0.05, 0.1) is 12.5 Å². The normalized spacial score (nSPS) is 12.3. The molecule has 100 valence electrons. The zero-order valence-corrected chi connectivity index (χ0v) is 10.5. The summed E-state index contributed by atoms with van der Waals surface area (Å²) in [5, 5.41) is 9.11. The van der Waals surface area contributed by atoms with Gasteiger partial charge in [-0.25, -0.2) is 8.78 Å². The minimum atomic E-state index is -0.977. The van der Waals surface area contributed by atoms with Crippen LogP contribution in [0, 0.1) is 11.6 Å². The predicted molar refractivity (Wildman–Crippen MR) is 64.0 cm³/mol. The van der Waals surface area contributed by atoms with Crippen LogP contribution >= 0.6 is 0 Å². The lowest BCUT2D eigenvalue weighted by atomic mass is 10.1. The molecular formula is C13H17F2NO2. The molecule has 1 rings (SSSR count). The Morgan fingerprint density at radius 3 is 2.72 bits per heavy atom.